The molecule has 0 saturated carbocycles. The first-order valence-electron chi connectivity index (χ1n) is 18.1. The maximum atomic E-state index is 8.57. The molecule has 0 atom stereocenters. The van der Waals surface area contributed by atoms with Gasteiger partial charge < -0.3 is 8.83 Å². The molecular weight excluding hydrogens is 588 g/mol. The molecule has 3 heterocycles. The second-order valence-corrected chi connectivity index (χ2v) is 13.3. The number of fused-ring (bicyclic) bond motifs is 7. The number of rotatable bonds is 5. The lowest BCUT2D eigenvalue weighted by Gasteiger charge is -2.24. The number of furan rings is 2. The molecule has 0 fully saturated rings. The van der Waals surface area contributed by atoms with Crippen molar-refractivity contribution in [3.63, 3.8) is 0 Å². The molecule has 6 aromatic carbocycles. The Bertz CT molecular complexity index is 2770. The van der Waals surface area contributed by atoms with Gasteiger partial charge in [0.15, 0.2) is 0 Å². The largest absolute Gasteiger partial charge is 0.456 e. The zero-order valence-corrected chi connectivity index (χ0v) is 27.3. The second kappa shape index (κ2) is 10.7. The molecule has 0 N–H and O–H groups in total. The Morgan fingerprint density at radius 1 is 0.625 bits per heavy atom. The van der Waals surface area contributed by atoms with Gasteiger partial charge in [-0.2, -0.15) is 0 Å². The van der Waals surface area contributed by atoms with E-state index >= 15 is 0 Å². The van der Waals surface area contributed by atoms with Crippen molar-refractivity contribution in [1.82, 2.24) is 9.55 Å². The third-order valence-corrected chi connectivity index (χ3v) is 9.66. The Morgan fingerprint density at radius 3 is 2.10 bits per heavy atom. The van der Waals surface area contributed by atoms with Gasteiger partial charge >= 0.3 is 0 Å². The molecule has 3 aromatic heterocycles. The van der Waals surface area contributed by atoms with Crippen LogP contribution in [0.15, 0.2) is 124 Å². The SMILES string of the molecule is [2H]C([2H])([2H])c1ccc(-c2nc3ccccc3n2-c2c(C(C)C)cc(-c3ccccc3)cc2C(C)C)c2oc3cc4oc5ccccc5c4cc3c12. The van der Waals surface area contributed by atoms with E-state index in [0.717, 1.165) is 44.0 Å². The molecule has 0 aliphatic rings. The van der Waals surface area contributed by atoms with Crippen molar-refractivity contribution in [3.05, 3.63) is 132 Å². The minimum absolute atomic E-state index is 0.199. The van der Waals surface area contributed by atoms with Crippen LogP contribution in [0.25, 0.3) is 83.1 Å². The predicted octanol–water partition coefficient (Wildman–Crippen LogP) is 12.7. The van der Waals surface area contributed by atoms with Crippen molar-refractivity contribution in [3.8, 4) is 28.2 Å². The standard InChI is InChI=1S/C44H36N2O2/c1-25(2)32-21-29(28-13-7-6-8-14-28)22-33(26(3)4)42(32)46-37-17-11-10-16-36(37)45-44(46)31-20-19-27(5)41-35-23-34-30-15-9-12-18-38(30)47-39(34)24-40(35)48-43(31)41/h6-26H,1-5H3/i5D3. The smallest absolute Gasteiger partial charge is 0.149 e. The Kier molecular flexibility index (Phi) is 5.69. The number of aromatic nitrogens is 2. The summed E-state index contributed by atoms with van der Waals surface area (Å²) in [6.07, 6.45) is 0. The first-order chi connectivity index (χ1) is 24.6. The van der Waals surface area contributed by atoms with E-state index in [-0.39, 0.29) is 17.4 Å². The Morgan fingerprint density at radius 2 is 1.33 bits per heavy atom. The molecule has 4 nitrogen and oxygen atoms in total. The fraction of sp³-hybridized carbons (Fsp3) is 0.159. The number of para-hydroxylation sites is 3. The van der Waals surface area contributed by atoms with Crippen LogP contribution in [0.4, 0.5) is 0 Å². The third-order valence-electron chi connectivity index (χ3n) is 9.66. The Hall–Kier alpha value is -5.61. The topological polar surface area (TPSA) is 44.1 Å². The van der Waals surface area contributed by atoms with Crippen LogP contribution in [0.3, 0.4) is 0 Å². The van der Waals surface area contributed by atoms with Gasteiger partial charge in [0.2, 0.25) is 0 Å². The fourth-order valence-electron chi connectivity index (χ4n) is 7.32. The highest BCUT2D eigenvalue weighted by atomic mass is 16.3. The van der Waals surface area contributed by atoms with E-state index in [9.17, 15) is 0 Å². The minimum Gasteiger partial charge on any atom is -0.456 e. The van der Waals surface area contributed by atoms with E-state index in [1.165, 1.54) is 22.3 Å². The summed E-state index contributed by atoms with van der Waals surface area (Å²) in [7, 11) is 0. The third kappa shape index (κ3) is 4.25. The molecule has 48 heavy (non-hydrogen) atoms. The van der Waals surface area contributed by atoms with Crippen LogP contribution in [0.1, 0.15) is 60.3 Å². The zero-order chi connectivity index (χ0) is 35.2. The lowest BCUT2D eigenvalue weighted by Crippen LogP contribution is -2.09. The van der Waals surface area contributed by atoms with Gasteiger partial charge in [0, 0.05) is 31.7 Å². The molecule has 0 aliphatic carbocycles. The first-order valence-corrected chi connectivity index (χ1v) is 16.6. The summed E-state index contributed by atoms with van der Waals surface area (Å²) in [5.41, 5.74) is 11.2. The van der Waals surface area contributed by atoms with Crippen LogP contribution < -0.4 is 0 Å². The van der Waals surface area contributed by atoms with Crippen LogP contribution in [0.5, 0.6) is 0 Å². The highest BCUT2D eigenvalue weighted by Crippen LogP contribution is 2.44. The van der Waals surface area contributed by atoms with Gasteiger partial charge in [-0.15, -0.1) is 0 Å². The van der Waals surface area contributed by atoms with Crippen molar-refractivity contribution >= 4 is 54.9 Å². The first kappa shape index (κ1) is 25.5. The normalized spacial score (nSPS) is 13.4. The van der Waals surface area contributed by atoms with E-state index < -0.39 is 6.85 Å². The van der Waals surface area contributed by atoms with E-state index in [0.29, 0.717) is 28.0 Å². The Labute approximate surface area is 283 Å². The molecule has 9 aromatic rings. The van der Waals surface area contributed by atoms with Crippen LogP contribution in [-0.4, -0.2) is 9.55 Å². The minimum atomic E-state index is -2.37. The molecule has 9 rings (SSSR count). The van der Waals surface area contributed by atoms with Crippen LogP contribution in [0, 0.1) is 6.85 Å². The van der Waals surface area contributed by atoms with Gasteiger partial charge in [-0.1, -0.05) is 94.4 Å². The average Bonchev–Trinajstić information content (AvgIpc) is 3.80. The molecule has 0 saturated heterocycles. The van der Waals surface area contributed by atoms with Crippen molar-refractivity contribution in [2.75, 3.05) is 0 Å². The summed E-state index contributed by atoms with van der Waals surface area (Å²) in [6, 6.07) is 38.7. The molecule has 4 heteroatoms. The maximum Gasteiger partial charge on any atom is 0.149 e. The van der Waals surface area contributed by atoms with E-state index in [4.69, 9.17) is 17.9 Å². The average molecular weight is 628 g/mol. The summed E-state index contributed by atoms with van der Waals surface area (Å²) in [4.78, 5) is 5.28. The number of nitrogens with zero attached hydrogens (tertiary/aromatic N) is 2. The molecule has 0 amide bonds. The quantitative estimate of drug-likeness (QED) is 0.191. The summed E-state index contributed by atoms with van der Waals surface area (Å²) in [5, 5.41) is 3.19. The highest BCUT2D eigenvalue weighted by molar-refractivity contribution is 6.17. The fourth-order valence-corrected chi connectivity index (χ4v) is 7.32. The zero-order valence-electron chi connectivity index (χ0n) is 30.3. The van der Waals surface area contributed by atoms with Crippen LogP contribution in [0.2, 0.25) is 0 Å². The number of hydrogen-bond acceptors (Lipinski definition) is 3. The number of hydrogen-bond donors (Lipinski definition) is 0. The van der Waals surface area contributed by atoms with Crippen molar-refractivity contribution in [1.29, 1.82) is 0 Å². The van der Waals surface area contributed by atoms with E-state index in [1.807, 2.05) is 66.7 Å². The molecule has 0 radical (unpaired) electrons. The molecular formula is C44H36N2O2. The summed E-state index contributed by atoms with van der Waals surface area (Å²) in [5.74, 6) is 1.09. The Balaban J connectivity index is 1.39. The van der Waals surface area contributed by atoms with Gasteiger partial charge in [0.25, 0.3) is 0 Å². The number of imidazole rings is 1. The van der Waals surface area contributed by atoms with Gasteiger partial charge in [0.1, 0.15) is 28.2 Å². The lowest BCUT2D eigenvalue weighted by molar-refractivity contribution is 0.656. The molecule has 0 aliphatic heterocycles. The predicted molar refractivity (Wildman–Crippen MR) is 199 cm³/mol. The van der Waals surface area contributed by atoms with E-state index in [1.54, 1.807) is 6.07 Å². The monoisotopic (exact) mass is 627 g/mol. The number of aryl methyl sites for hydroxylation is 1. The van der Waals surface area contributed by atoms with Crippen molar-refractivity contribution in [2.24, 2.45) is 0 Å². The summed E-state index contributed by atoms with van der Waals surface area (Å²) in [6.45, 7) is 6.57. The van der Waals surface area contributed by atoms with Gasteiger partial charge in [-0.3, -0.25) is 4.57 Å². The van der Waals surface area contributed by atoms with Gasteiger partial charge in [-0.25, -0.2) is 4.98 Å². The molecule has 0 unspecified atom stereocenters. The summed E-state index contributed by atoms with van der Waals surface area (Å²) < 4.78 is 40.9. The molecule has 0 spiro atoms. The second-order valence-electron chi connectivity index (χ2n) is 13.3. The van der Waals surface area contributed by atoms with Gasteiger partial charge in [0.05, 0.1) is 22.3 Å². The van der Waals surface area contributed by atoms with Crippen LogP contribution >= 0.6 is 0 Å². The summed E-state index contributed by atoms with van der Waals surface area (Å²) >= 11 is 0. The maximum absolute atomic E-state index is 8.57. The number of benzene rings is 6. The molecule has 234 valence electrons. The molecule has 0 bridgehead atoms. The van der Waals surface area contributed by atoms with E-state index in [2.05, 4.69) is 74.7 Å². The highest BCUT2D eigenvalue weighted by Gasteiger charge is 2.26. The van der Waals surface area contributed by atoms with Crippen molar-refractivity contribution in [2.45, 2.75) is 46.4 Å². The van der Waals surface area contributed by atoms with Gasteiger partial charge in [-0.05, 0) is 89.0 Å². The van der Waals surface area contributed by atoms with Crippen molar-refractivity contribution < 1.29 is 12.9 Å². The lowest BCUT2D eigenvalue weighted by atomic mass is 9.88. The van der Waals surface area contributed by atoms with Crippen LogP contribution in [-0.2, 0) is 0 Å².